The van der Waals surface area contributed by atoms with Crippen molar-refractivity contribution < 1.29 is 36.6 Å². The Labute approximate surface area is 140 Å². The quantitative estimate of drug-likeness (QED) is 0.283. The number of Topliss-reactive ketones (excluding diaryl/α,β-unsaturated/α-hetero) is 1. The van der Waals surface area contributed by atoms with Crippen LogP contribution in [0.2, 0.25) is 0 Å². The third-order valence-electron chi connectivity index (χ3n) is 3.07. The predicted octanol–water partition coefficient (Wildman–Crippen LogP) is 3.40. The number of rotatable bonds is 5. The van der Waals surface area contributed by atoms with Gasteiger partial charge < -0.3 is 5.11 Å². The minimum Gasteiger partial charge on any atom is -0.477 e. The zero-order valence-corrected chi connectivity index (χ0v) is 12.3. The van der Waals surface area contributed by atoms with E-state index >= 15 is 0 Å². The molecule has 0 aliphatic heterocycles. The molecular weight excluding hydrogens is 369 g/mol. The Hall–Kier alpha value is -3.47. The van der Waals surface area contributed by atoms with Crippen LogP contribution in [-0.2, 0) is 6.54 Å². The normalized spacial score (nSPS) is 11.1. The second kappa shape index (κ2) is 6.80. The fourth-order valence-electron chi connectivity index (χ4n) is 1.98. The van der Waals surface area contributed by atoms with Gasteiger partial charge in [-0.1, -0.05) is 5.11 Å². The van der Waals surface area contributed by atoms with Gasteiger partial charge in [-0.3, -0.25) is 4.79 Å². The lowest BCUT2D eigenvalue weighted by atomic mass is 10.1. The summed E-state index contributed by atoms with van der Waals surface area (Å²) in [5, 5.41) is 15.5. The Bertz CT molecular complexity index is 946. The summed E-state index contributed by atoms with van der Waals surface area (Å²) in [6, 6.07) is 1.37. The Morgan fingerprint density at radius 2 is 1.85 bits per heavy atom. The van der Waals surface area contributed by atoms with Crippen molar-refractivity contribution in [3.63, 3.8) is 0 Å². The smallest absolute Gasteiger partial charge is 0.456 e. The number of nitrogens with zero attached hydrogens (tertiary/aromatic N) is 5. The molecule has 0 saturated carbocycles. The molecule has 136 valence electrons. The van der Waals surface area contributed by atoms with Crippen LogP contribution in [0, 0.1) is 11.6 Å². The average molecular weight is 375 g/mol. The molecule has 8 nitrogen and oxygen atoms in total. The van der Waals surface area contributed by atoms with Gasteiger partial charge in [0.05, 0.1) is 12.2 Å². The third kappa shape index (κ3) is 3.62. The minimum atomic E-state index is -5.32. The number of carbonyl (C=O) groups excluding carboxylic acids is 1. The highest BCUT2D eigenvalue weighted by molar-refractivity contribution is 6.00. The minimum absolute atomic E-state index is 0.265. The molecule has 1 aromatic carbocycles. The Balaban J connectivity index is 2.73. The van der Waals surface area contributed by atoms with Crippen molar-refractivity contribution in [3.8, 4) is 5.69 Å². The molecule has 13 heteroatoms. The Morgan fingerprint density at radius 3 is 2.38 bits per heavy atom. The van der Waals surface area contributed by atoms with Gasteiger partial charge in [-0.15, -0.1) is 0 Å². The van der Waals surface area contributed by atoms with Crippen molar-refractivity contribution in [1.29, 1.82) is 0 Å². The van der Waals surface area contributed by atoms with Gasteiger partial charge in [-0.05, 0) is 17.2 Å². The molecule has 0 unspecified atom stereocenters. The maximum absolute atomic E-state index is 13.5. The van der Waals surface area contributed by atoms with Crippen molar-refractivity contribution >= 4 is 11.8 Å². The van der Waals surface area contributed by atoms with E-state index in [-0.39, 0.29) is 5.56 Å². The van der Waals surface area contributed by atoms with E-state index in [4.69, 9.17) is 10.6 Å². The number of alkyl halides is 3. The number of halogens is 5. The molecule has 1 N–H and O–H groups in total. The van der Waals surface area contributed by atoms with Crippen LogP contribution in [0.15, 0.2) is 23.3 Å². The molecule has 0 bridgehead atoms. The summed E-state index contributed by atoms with van der Waals surface area (Å²) in [5.41, 5.74) is 5.39. The van der Waals surface area contributed by atoms with Crippen molar-refractivity contribution in [2.75, 3.05) is 0 Å². The number of carboxylic acids is 1. The summed E-state index contributed by atoms with van der Waals surface area (Å²) < 4.78 is 64.9. The Kier molecular flexibility index (Phi) is 4.93. The van der Waals surface area contributed by atoms with Gasteiger partial charge in [0.1, 0.15) is 5.69 Å². The number of aromatic carboxylic acids is 1. The van der Waals surface area contributed by atoms with E-state index < -0.39 is 53.2 Å². The molecule has 1 heterocycles. The molecule has 2 aromatic rings. The molecule has 0 radical (unpaired) electrons. The van der Waals surface area contributed by atoms with E-state index in [2.05, 4.69) is 15.1 Å². The number of hydrogen-bond donors (Lipinski definition) is 1. The summed E-state index contributed by atoms with van der Waals surface area (Å²) in [6.45, 7) is -0.579. The number of ketones is 1. The maximum Gasteiger partial charge on any atom is 0.456 e. The van der Waals surface area contributed by atoms with Crippen LogP contribution in [-0.4, -0.2) is 32.8 Å². The topological polar surface area (TPSA) is 121 Å². The maximum atomic E-state index is 13.5. The van der Waals surface area contributed by atoms with E-state index in [1.165, 1.54) is 0 Å². The van der Waals surface area contributed by atoms with Crippen LogP contribution in [0.4, 0.5) is 22.0 Å². The molecule has 0 saturated heterocycles. The molecule has 26 heavy (non-hydrogen) atoms. The van der Waals surface area contributed by atoms with Crippen molar-refractivity contribution in [2.45, 2.75) is 12.7 Å². The molecule has 0 aliphatic carbocycles. The lowest BCUT2D eigenvalue weighted by Gasteiger charge is -2.10. The van der Waals surface area contributed by atoms with Gasteiger partial charge in [-0.25, -0.2) is 18.3 Å². The number of aromatic nitrogens is 2. The van der Waals surface area contributed by atoms with E-state index in [0.717, 1.165) is 0 Å². The van der Waals surface area contributed by atoms with Gasteiger partial charge >= 0.3 is 12.1 Å². The first-order valence-electron chi connectivity index (χ1n) is 6.50. The zero-order chi connectivity index (χ0) is 19.6. The highest BCUT2D eigenvalue weighted by Crippen LogP contribution is 2.25. The van der Waals surface area contributed by atoms with Gasteiger partial charge in [-0.2, -0.15) is 18.3 Å². The summed E-state index contributed by atoms with van der Waals surface area (Å²) in [5.74, 6) is -7.02. The molecule has 0 spiro atoms. The number of azide groups is 1. The van der Waals surface area contributed by atoms with Crippen LogP contribution in [0.3, 0.4) is 0 Å². The SMILES string of the molecule is [N-]=[N+]=NCc1cc(F)c(F)cc1-n1nc(C(=O)C(F)(F)F)cc1C(=O)O. The summed E-state index contributed by atoms with van der Waals surface area (Å²) in [7, 11) is 0. The van der Waals surface area contributed by atoms with E-state index in [9.17, 15) is 31.5 Å². The number of carbonyl (C=O) groups is 2. The van der Waals surface area contributed by atoms with Gasteiger partial charge in [0.2, 0.25) is 0 Å². The highest BCUT2D eigenvalue weighted by Gasteiger charge is 2.41. The third-order valence-corrected chi connectivity index (χ3v) is 3.07. The van der Waals surface area contributed by atoms with E-state index in [1.807, 2.05) is 0 Å². The Morgan fingerprint density at radius 1 is 1.23 bits per heavy atom. The summed E-state index contributed by atoms with van der Waals surface area (Å²) in [6.07, 6.45) is -5.32. The first-order valence-corrected chi connectivity index (χ1v) is 6.50. The summed E-state index contributed by atoms with van der Waals surface area (Å²) in [4.78, 5) is 24.9. The average Bonchev–Trinajstić information content (AvgIpc) is 2.99. The standard InChI is InChI=1S/C13H6F5N5O3/c14-6-1-5(4-20-22-19)9(2-7(6)15)23-10(12(25)26)3-8(21-23)11(24)13(16,17)18/h1-3H,4H2,(H,25,26). The van der Waals surface area contributed by atoms with Crippen LogP contribution in [0.5, 0.6) is 0 Å². The van der Waals surface area contributed by atoms with Crippen LogP contribution >= 0.6 is 0 Å². The van der Waals surface area contributed by atoms with Crippen LogP contribution in [0.25, 0.3) is 16.1 Å². The largest absolute Gasteiger partial charge is 0.477 e. The fraction of sp³-hybridized carbons (Fsp3) is 0.154. The molecule has 2 rings (SSSR count). The lowest BCUT2D eigenvalue weighted by Crippen LogP contribution is -2.23. The number of hydrogen-bond acceptors (Lipinski definition) is 4. The van der Waals surface area contributed by atoms with Crippen molar-refractivity contribution in [2.24, 2.45) is 5.11 Å². The molecule has 0 aliphatic rings. The van der Waals surface area contributed by atoms with Crippen LogP contribution < -0.4 is 0 Å². The number of carboxylic acid groups (broad SMARTS) is 1. The molecule has 0 fully saturated rings. The monoisotopic (exact) mass is 375 g/mol. The van der Waals surface area contributed by atoms with Gasteiger partial charge in [0.25, 0.3) is 5.78 Å². The first-order chi connectivity index (χ1) is 12.1. The van der Waals surface area contributed by atoms with Crippen molar-refractivity contribution in [3.05, 3.63) is 57.2 Å². The summed E-state index contributed by atoms with van der Waals surface area (Å²) >= 11 is 0. The van der Waals surface area contributed by atoms with E-state index in [0.29, 0.717) is 22.9 Å². The first kappa shape index (κ1) is 18.9. The fourth-order valence-corrected chi connectivity index (χ4v) is 1.98. The van der Waals surface area contributed by atoms with Crippen LogP contribution in [0.1, 0.15) is 26.5 Å². The molecular formula is C13H6F5N5O3. The molecule has 0 amide bonds. The highest BCUT2D eigenvalue weighted by atomic mass is 19.4. The molecule has 0 atom stereocenters. The second-order valence-electron chi connectivity index (χ2n) is 4.74. The second-order valence-corrected chi connectivity index (χ2v) is 4.74. The van der Waals surface area contributed by atoms with Gasteiger partial charge in [0.15, 0.2) is 17.3 Å². The lowest BCUT2D eigenvalue weighted by molar-refractivity contribution is -0.0888. The molecule has 1 aromatic heterocycles. The van der Waals surface area contributed by atoms with Crippen molar-refractivity contribution in [1.82, 2.24) is 9.78 Å². The number of benzene rings is 1. The zero-order valence-electron chi connectivity index (χ0n) is 12.3. The van der Waals surface area contributed by atoms with E-state index in [1.54, 1.807) is 0 Å². The predicted molar refractivity (Wildman–Crippen MR) is 73.7 cm³/mol. The van der Waals surface area contributed by atoms with Gasteiger partial charge in [0, 0.05) is 17.0 Å².